The summed E-state index contributed by atoms with van der Waals surface area (Å²) in [6, 6.07) is 13.9. The molecule has 0 amide bonds. The van der Waals surface area contributed by atoms with E-state index in [9.17, 15) is 15.8 Å². The van der Waals surface area contributed by atoms with Crippen molar-refractivity contribution in [2.24, 2.45) is 17.3 Å². The summed E-state index contributed by atoms with van der Waals surface area (Å²) in [5, 5.41) is 37.9. The van der Waals surface area contributed by atoms with Crippen LogP contribution in [-0.2, 0) is 0 Å². The topological polar surface area (TPSA) is 98.5 Å². The van der Waals surface area contributed by atoms with Gasteiger partial charge in [-0.1, -0.05) is 34.1 Å². The Morgan fingerprint density at radius 2 is 1.84 bits per heavy atom. The first kappa shape index (κ1) is 17.4. The van der Waals surface area contributed by atoms with Crippen molar-refractivity contribution < 1.29 is 0 Å². The van der Waals surface area contributed by atoms with E-state index in [1.807, 2.05) is 37.4 Å². The molecule has 3 rings (SSSR count). The Hall–Kier alpha value is -2.46. The summed E-state index contributed by atoms with van der Waals surface area (Å²) >= 11 is 3.41. The van der Waals surface area contributed by atoms with Gasteiger partial charge in [-0.25, -0.2) is 0 Å². The van der Waals surface area contributed by atoms with Gasteiger partial charge in [0.1, 0.15) is 5.92 Å². The molecule has 6 heteroatoms. The minimum atomic E-state index is -1.63. The Morgan fingerprint density at radius 1 is 1.20 bits per heavy atom. The average Bonchev–Trinajstić information content (AvgIpc) is 2.62. The molecular weight excluding hydrogens is 378 g/mol. The number of hydrogen-bond acceptors (Lipinski definition) is 5. The highest BCUT2D eigenvalue weighted by Gasteiger charge is 2.57. The van der Waals surface area contributed by atoms with Crippen LogP contribution in [0.4, 0.5) is 0 Å². The number of hydrogen-bond donors (Lipinski definition) is 1. The Labute approximate surface area is 155 Å². The van der Waals surface area contributed by atoms with E-state index in [2.05, 4.69) is 39.0 Å². The zero-order valence-electron chi connectivity index (χ0n) is 13.7. The second kappa shape index (κ2) is 6.45. The fraction of sp³-hybridized carbons (Fsp3) is 0.368. The monoisotopic (exact) mass is 393 g/mol. The van der Waals surface area contributed by atoms with Gasteiger partial charge in [0.2, 0.25) is 0 Å². The summed E-state index contributed by atoms with van der Waals surface area (Å²) in [7, 11) is 1.98. The summed E-state index contributed by atoms with van der Waals surface area (Å²) in [4.78, 5) is 2.11. The van der Waals surface area contributed by atoms with Crippen molar-refractivity contribution in [3.8, 4) is 18.2 Å². The van der Waals surface area contributed by atoms with Gasteiger partial charge < -0.3 is 10.3 Å². The van der Waals surface area contributed by atoms with Gasteiger partial charge in [-0.2, -0.15) is 15.8 Å². The van der Waals surface area contributed by atoms with Crippen LogP contribution in [0.25, 0.3) is 0 Å². The van der Waals surface area contributed by atoms with Gasteiger partial charge in [0.25, 0.3) is 0 Å². The molecule has 25 heavy (non-hydrogen) atoms. The summed E-state index contributed by atoms with van der Waals surface area (Å²) in [5.74, 6) is -1.41. The van der Waals surface area contributed by atoms with Crippen LogP contribution < -0.4 is 0 Å². The molecule has 0 aromatic heterocycles. The molecule has 0 bridgehead atoms. The second-order valence-electron chi connectivity index (χ2n) is 6.57. The minimum Gasteiger partial charge on any atom is -0.305 e. The number of benzene rings is 1. The molecule has 0 radical (unpaired) electrons. The van der Waals surface area contributed by atoms with Gasteiger partial charge in [0.05, 0.1) is 23.9 Å². The molecule has 5 nitrogen and oxygen atoms in total. The second-order valence-corrected chi connectivity index (χ2v) is 7.48. The maximum absolute atomic E-state index is 9.90. The van der Waals surface area contributed by atoms with Gasteiger partial charge >= 0.3 is 0 Å². The van der Waals surface area contributed by atoms with Crippen LogP contribution >= 0.6 is 15.9 Å². The summed E-state index contributed by atoms with van der Waals surface area (Å²) in [5.41, 5.74) is -0.00716. The van der Waals surface area contributed by atoms with E-state index in [1.165, 1.54) is 0 Å². The largest absolute Gasteiger partial charge is 0.305 e. The van der Waals surface area contributed by atoms with E-state index in [1.54, 1.807) is 0 Å². The number of fused-ring (bicyclic) bond motifs is 1. The van der Waals surface area contributed by atoms with Crippen LogP contribution in [0.5, 0.6) is 0 Å². The third-order valence-corrected chi connectivity index (χ3v) is 5.73. The lowest BCUT2D eigenvalue weighted by Gasteiger charge is -2.47. The van der Waals surface area contributed by atoms with E-state index in [0.717, 1.165) is 15.6 Å². The fourth-order valence-electron chi connectivity index (χ4n) is 4.00. The van der Waals surface area contributed by atoms with Crippen LogP contribution in [-0.4, -0.2) is 30.7 Å². The van der Waals surface area contributed by atoms with Crippen molar-refractivity contribution in [1.82, 2.24) is 4.90 Å². The van der Waals surface area contributed by atoms with Crippen molar-refractivity contribution in [1.29, 1.82) is 21.2 Å². The molecule has 124 valence electrons. The Balaban J connectivity index is 2.25. The van der Waals surface area contributed by atoms with Gasteiger partial charge in [0, 0.05) is 29.4 Å². The summed E-state index contributed by atoms with van der Waals surface area (Å²) in [6.07, 6.45) is 1.99. The van der Waals surface area contributed by atoms with Crippen LogP contribution in [0, 0.1) is 56.7 Å². The Kier molecular flexibility index (Phi) is 4.48. The molecule has 1 N–H and O–H groups in total. The quantitative estimate of drug-likeness (QED) is 0.740. The fourth-order valence-corrected chi connectivity index (χ4v) is 4.26. The van der Waals surface area contributed by atoms with Crippen LogP contribution in [0.15, 0.2) is 40.4 Å². The molecule has 1 aromatic carbocycles. The molecule has 1 unspecified atom stereocenters. The number of halogens is 1. The van der Waals surface area contributed by atoms with Crippen molar-refractivity contribution in [3.05, 3.63) is 46.0 Å². The molecule has 1 aliphatic carbocycles. The standard InChI is InChI=1S/C19H16BrN5/c1-25-7-6-14-15(8-21)18(24)19(10-22,11-23)17(16(14)9-25)12-2-4-13(20)5-3-12/h2-6,15-17,24H,7,9H2,1H3/t15?,16-,17-/m0/s1. The van der Waals surface area contributed by atoms with Gasteiger partial charge in [-0.3, -0.25) is 0 Å². The lowest BCUT2D eigenvalue weighted by molar-refractivity contribution is 0.235. The SMILES string of the molecule is CN1CC=C2C(C#N)C(=N)C(C#N)(C#N)[C@@H](c3ccc(Br)cc3)[C@H]2C1. The highest BCUT2D eigenvalue weighted by molar-refractivity contribution is 9.10. The lowest BCUT2D eigenvalue weighted by atomic mass is 9.54. The Bertz CT molecular complexity index is 851. The number of nitrogens with zero attached hydrogens (tertiary/aromatic N) is 4. The zero-order chi connectivity index (χ0) is 18.2. The smallest absolute Gasteiger partial charge is 0.189 e. The van der Waals surface area contributed by atoms with E-state index in [4.69, 9.17) is 5.41 Å². The first-order valence-electron chi connectivity index (χ1n) is 7.93. The predicted octanol–water partition coefficient (Wildman–Crippen LogP) is 3.23. The van der Waals surface area contributed by atoms with E-state index >= 15 is 0 Å². The van der Waals surface area contributed by atoms with Crippen molar-refractivity contribution in [2.45, 2.75) is 5.92 Å². The molecule has 0 saturated heterocycles. The molecular formula is C19H16BrN5. The van der Waals surface area contributed by atoms with E-state index < -0.39 is 17.3 Å². The molecule has 3 atom stereocenters. The number of nitrogens with one attached hydrogen (secondary N) is 1. The molecule has 0 spiro atoms. The van der Waals surface area contributed by atoms with Crippen molar-refractivity contribution in [2.75, 3.05) is 20.1 Å². The zero-order valence-corrected chi connectivity index (χ0v) is 15.3. The highest BCUT2D eigenvalue weighted by Crippen LogP contribution is 2.53. The normalized spacial score (nSPS) is 28.0. The number of nitriles is 3. The lowest BCUT2D eigenvalue weighted by Crippen LogP contribution is -2.52. The highest BCUT2D eigenvalue weighted by atomic mass is 79.9. The maximum atomic E-state index is 9.90. The predicted molar refractivity (Wildman–Crippen MR) is 96.4 cm³/mol. The third kappa shape index (κ3) is 2.57. The Morgan fingerprint density at radius 3 is 2.40 bits per heavy atom. The molecule has 1 fully saturated rings. The van der Waals surface area contributed by atoms with Gasteiger partial charge in [0.15, 0.2) is 5.41 Å². The van der Waals surface area contributed by atoms with Crippen LogP contribution in [0.3, 0.4) is 0 Å². The van der Waals surface area contributed by atoms with Crippen LogP contribution in [0.1, 0.15) is 11.5 Å². The van der Waals surface area contributed by atoms with Crippen molar-refractivity contribution >= 4 is 21.6 Å². The van der Waals surface area contributed by atoms with Crippen molar-refractivity contribution in [3.63, 3.8) is 0 Å². The third-order valence-electron chi connectivity index (χ3n) is 5.20. The van der Waals surface area contributed by atoms with E-state index in [-0.39, 0.29) is 11.6 Å². The number of rotatable bonds is 1. The number of likely N-dealkylation sites (N-methyl/N-ethyl adjacent to an activating group) is 1. The minimum absolute atomic E-state index is 0.0972. The molecule has 1 aliphatic heterocycles. The first-order chi connectivity index (χ1) is 12.0. The summed E-state index contributed by atoms with van der Waals surface area (Å²) in [6.45, 7) is 1.36. The van der Waals surface area contributed by atoms with Crippen LogP contribution in [0.2, 0.25) is 0 Å². The van der Waals surface area contributed by atoms with Gasteiger partial charge in [-0.15, -0.1) is 0 Å². The molecule has 1 aromatic rings. The first-order valence-corrected chi connectivity index (χ1v) is 8.72. The van der Waals surface area contributed by atoms with Gasteiger partial charge in [-0.05, 0) is 30.3 Å². The molecule has 1 saturated carbocycles. The molecule has 1 heterocycles. The average molecular weight is 394 g/mol. The van der Waals surface area contributed by atoms with E-state index in [0.29, 0.717) is 13.1 Å². The summed E-state index contributed by atoms with van der Waals surface area (Å²) < 4.78 is 0.910. The molecule has 2 aliphatic rings. The maximum Gasteiger partial charge on any atom is 0.189 e.